The summed E-state index contributed by atoms with van der Waals surface area (Å²) in [5.41, 5.74) is 15.8. The second kappa shape index (κ2) is 4.56. The van der Waals surface area contributed by atoms with Crippen molar-refractivity contribution in [2.75, 3.05) is 11.5 Å². The van der Waals surface area contributed by atoms with Crippen LogP contribution < -0.4 is 11.5 Å². The van der Waals surface area contributed by atoms with Crippen LogP contribution in [0.4, 0.5) is 11.6 Å². The van der Waals surface area contributed by atoms with Gasteiger partial charge in [0.1, 0.15) is 11.4 Å². The van der Waals surface area contributed by atoms with E-state index in [1.54, 1.807) is 6.20 Å². The molecular weight excluding hydrogens is 250 g/mol. The van der Waals surface area contributed by atoms with Crippen molar-refractivity contribution in [2.24, 2.45) is 0 Å². The number of anilines is 2. The fourth-order valence-electron chi connectivity index (χ4n) is 2.31. The van der Waals surface area contributed by atoms with Crippen LogP contribution in [-0.4, -0.2) is 4.98 Å². The Labute approximate surface area is 117 Å². The van der Waals surface area contributed by atoms with Gasteiger partial charge in [0.2, 0.25) is 5.88 Å². The molecule has 0 radical (unpaired) electrons. The number of nitrogen functional groups attached to an aromatic ring is 2. The Hall–Kier alpha value is -2.49. The molecule has 0 fully saturated rings. The largest absolute Gasteiger partial charge is 0.436 e. The third-order valence-corrected chi connectivity index (χ3v) is 3.50. The molecule has 20 heavy (non-hydrogen) atoms. The number of hydrogen-bond donors (Lipinski definition) is 2. The molecule has 3 aromatic rings. The van der Waals surface area contributed by atoms with Gasteiger partial charge >= 0.3 is 0 Å². The summed E-state index contributed by atoms with van der Waals surface area (Å²) in [5, 5.41) is 0.808. The van der Waals surface area contributed by atoms with Crippen LogP contribution >= 0.6 is 0 Å². The van der Waals surface area contributed by atoms with Crippen LogP contribution in [0.5, 0.6) is 0 Å². The Morgan fingerprint density at radius 1 is 1.15 bits per heavy atom. The molecule has 0 aliphatic rings. The molecule has 3 rings (SSSR count). The zero-order valence-corrected chi connectivity index (χ0v) is 11.6. The van der Waals surface area contributed by atoms with Gasteiger partial charge in [0.25, 0.3) is 0 Å². The smallest absolute Gasteiger partial charge is 0.214 e. The average molecular weight is 267 g/mol. The summed E-state index contributed by atoms with van der Waals surface area (Å²) in [5.74, 6) is 0.704. The number of rotatable bonds is 2. The summed E-state index contributed by atoms with van der Waals surface area (Å²) in [7, 11) is 0. The lowest BCUT2D eigenvalue weighted by atomic mass is 9.99. The van der Waals surface area contributed by atoms with Crippen molar-refractivity contribution in [1.29, 1.82) is 0 Å². The molecule has 0 aliphatic carbocycles. The fourth-order valence-corrected chi connectivity index (χ4v) is 2.31. The van der Waals surface area contributed by atoms with Crippen molar-refractivity contribution < 1.29 is 4.42 Å². The molecule has 2 heterocycles. The number of fused-ring (bicyclic) bond motifs is 1. The third-order valence-electron chi connectivity index (χ3n) is 3.50. The lowest BCUT2D eigenvalue weighted by Crippen LogP contribution is -1.90. The van der Waals surface area contributed by atoms with E-state index in [1.807, 2.05) is 18.2 Å². The van der Waals surface area contributed by atoms with E-state index in [2.05, 4.69) is 31.0 Å². The molecule has 0 unspecified atom stereocenters. The summed E-state index contributed by atoms with van der Waals surface area (Å²) in [4.78, 5) is 4.43. The predicted molar refractivity (Wildman–Crippen MR) is 82.4 cm³/mol. The molecule has 4 heteroatoms. The Bertz CT molecular complexity index is 774. The van der Waals surface area contributed by atoms with Crippen LogP contribution in [0.25, 0.3) is 22.2 Å². The monoisotopic (exact) mass is 267 g/mol. The van der Waals surface area contributed by atoms with Gasteiger partial charge < -0.3 is 15.9 Å². The standard InChI is InChI=1S/C16H17N3O/c1-9(2)10-4-3-5-11(8-10)14-15-12(6-7-19-14)13(17)16(18)20-15/h3-9H,17-18H2,1-2H3. The highest BCUT2D eigenvalue weighted by atomic mass is 16.3. The zero-order valence-electron chi connectivity index (χ0n) is 11.6. The molecule has 0 amide bonds. The maximum absolute atomic E-state index is 5.92. The van der Waals surface area contributed by atoms with Gasteiger partial charge in [-0.05, 0) is 23.6 Å². The maximum Gasteiger partial charge on any atom is 0.214 e. The van der Waals surface area contributed by atoms with Crippen LogP contribution in [0.3, 0.4) is 0 Å². The van der Waals surface area contributed by atoms with Crippen LogP contribution in [0.1, 0.15) is 25.3 Å². The topological polar surface area (TPSA) is 78.1 Å². The number of hydrogen-bond acceptors (Lipinski definition) is 4. The molecule has 1 aromatic carbocycles. The number of aromatic nitrogens is 1. The summed E-state index contributed by atoms with van der Waals surface area (Å²) >= 11 is 0. The van der Waals surface area contributed by atoms with Crippen molar-refractivity contribution >= 4 is 22.5 Å². The van der Waals surface area contributed by atoms with Gasteiger partial charge in [-0.15, -0.1) is 0 Å². The summed E-state index contributed by atoms with van der Waals surface area (Å²) in [6.45, 7) is 4.33. The molecule has 2 aromatic heterocycles. The Kier molecular flexibility index (Phi) is 2.86. The first kappa shape index (κ1) is 12.5. The lowest BCUT2D eigenvalue weighted by molar-refractivity contribution is 0.638. The van der Waals surface area contributed by atoms with Gasteiger partial charge in [-0.1, -0.05) is 32.0 Å². The van der Waals surface area contributed by atoms with E-state index in [1.165, 1.54) is 5.56 Å². The molecule has 0 atom stereocenters. The number of nitrogens with two attached hydrogens (primary N) is 2. The van der Waals surface area contributed by atoms with Gasteiger partial charge in [0.15, 0.2) is 5.58 Å². The molecule has 0 spiro atoms. The second-order valence-electron chi connectivity index (χ2n) is 5.20. The van der Waals surface area contributed by atoms with Crippen molar-refractivity contribution in [3.05, 3.63) is 42.1 Å². The molecule has 4 N–H and O–H groups in total. The van der Waals surface area contributed by atoms with Crippen molar-refractivity contribution in [3.63, 3.8) is 0 Å². The minimum absolute atomic E-state index is 0.245. The first-order valence-corrected chi connectivity index (χ1v) is 6.60. The van der Waals surface area contributed by atoms with E-state index >= 15 is 0 Å². The van der Waals surface area contributed by atoms with E-state index in [0.717, 1.165) is 16.6 Å². The maximum atomic E-state index is 5.92. The second-order valence-corrected chi connectivity index (χ2v) is 5.20. The van der Waals surface area contributed by atoms with Gasteiger partial charge in [-0.3, -0.25) is 4.98 Å². The van der Waals surface area contributed by atoms with Gasteiger partial charge in [-0.25, -0.2) is 0 Å². The minimum Gasteiger partial charge on any atom is -0.436 e. The van der Waals surface area contributed by atoms with Gasteiger partial charge in [-0.2, -0.15) is 0 Å². The Balaban J connectivity index is 2.24. The Morgan fingerprint density at radius 2 is 1.95 bits per heavy atom. The first-order chi connectivity index (χ1) is 9.58. The minimum atomic E-state index is 0.245. The SMILES string of the molecule is CC(C)c1cccc(-c2nccc3c(N)c(N)oc23)c1. The van der Waals surface area contributed by atoms with E-state index in [0.29, 0.717) is 17.2 Å². The van der Waals surface area contributed by atoms with E-state index in [4.69, 9.17) is 15.9 Å². The number of nitrogens with zero attached hydrogens (tertiary/aromatic N) is 1. The molecule has 0 aliphatic heterocycles. The quantitative estimate of drug-likeness (QED) is 0.740. The van der Waals surface area contributed by atoms with Gasteiger partial charge in [0.05, 0.1) is 0 Å². The fraction of sp³-hybridized carbons (Fsp3) is 0.188. The summed E-state index contributed by atoms with van der Waals surface area (Å²) in [6.07, 6.45) is 1.73. The molecule has 4 nitrogen and oxygen atoms in total. The normalized spacial score (nSPS) is 11.3. The number of benzene rings is 1. The molecular formula is C16H17N3O. The molecule has 102 valence electrons. The first-order valence-electron chi connectivity index (χ1n) is 6.60. The van der Waals surface area contributed by atoms with Crippen molar-refractivity contribution in [3.8, 4) is 11.3 Å². The number of pyridine rings is 1. The van der Waals surface area contributed by atoms with Crippen molar-refractivity contribution in [1.82, 2.24) is 4.98 Å². The van der Waals surface area contributed by atoms with E-state index in [9.17, 15) is 0 Å². The number of furan rings is 1. The van der Waals surface area contributed by atoms with E-state index < -0.39 is 0 Å². The highest BCUT2D eigenvalue weighted by Gasteiger charge is 2.15. The highest BCUT2D eigenvalue weighted by molar-refractivity contribution is 6.01. The molecule has 0 saturated heterocycles. The highest BCUT2D eigenvalue weighted by Crippen LogP contribution is 2.36. The van der Waals surface area contributed by atoms with Crippen LogP contribution in [0.15, 0.2) is 40.9 Å². The van der Waals surface area contributed by atoms with Crippen LogP contribution in [0, 0.1) is 0 Å². The predicted octanol–water partition coefficient (Wildman–Crippen LogP) is 3.78. The summed E-state index contributed by atoms with van der Waals surface area (Å²) in [6, 6.07) is 10.1. The van der Waals surface area contributed by atoms with Crippen LogP contribution in [-0.2, 0) is 0 Å². The molecule has 0 saturated carbocycles. The average Bonchev–Trinajstić information content (AvgIpc) is 2.74. The summed E-state index contributed by atoms with van der Waals surface area (Å²) < 4.78 is 5.57. The van der Waals surface area contributed by atoms with Crippen molar-refractivity contribution in [2.45, 2.75) is 19.8 Å². The van der Waals surface area contributed by atoms with E-state index in [-0.39, 0.29) is 5.88 Å². The molecule has 0 bridgehead atoms. The lowest BCUT2D eigenvalue weighted by Gasteiger charge is -2.08. The van der Waals surface area contributed by atoms with Crippen LogP contribution in [0.2, 0.25) is 0 Å². The Morgan fingerprint density at radius 3 is 2.70 bits per heavy atom. The van der Waals surface area contributed by atoms with Gasteiger partial charge in [0, 0.05) is 17.1 Å². The zero-order chi connectivity index (χ0) is 14.3. The third kappa shape index (κ3) is 1.90.